The molecule has 0 aliphatic carbocycles. The van der Waals surface area contributed by atoms with Crippen molar-refractivity contribution < 1.29 is 19.1 Å². The predicted molar refractivity (Wildman–Crippen MR) is 108 cm³/mol. The molecular weight excluding hydrogens is 368 g/mol. The van der Waals surface area contributed by atoms with Gasteiger partial charge in [-0.2, -0.15) is 0 Å². The number of likely N-dealkylation sites (N-methyl/N-ethyl adjacent to an activating group) is 1. The van der Waals surface area contributed by atoms with Crippen molar-refractivity contribution in [1.82, 2.24) is 4.98 Å². The molecule has 2 heterocycles. The monoisotopic (exact) mass is 386 g/mol. The number of carbonyl (C=O) groups excluding carboxylic acids is 2. The van der Waals surface area contributed by atoms with Gasteiger partial charge in [-0.25, -0.2) is 9.78 Å². The van der Waals surface area contributed by atoms with Gasteiger partial charge in [0.2, 0.25) is 5.88 Å². The number of rotatable bonds is 4. The van der Waals surface area contributed by atoms with Crippen LogP contribution in [0.5, 0.6) is 5.88 Å². The van der Waals surface area contributed by atoms with Crippen LogP contribution in [0.1, 0.15) is 21.6 Å². The highest BCUT2D eigenvalue weighted by Crippen LogP contribution is 2.33. The first kappa shape index (κ1) is 18.4. The third-order valence-electron chi connectivity index (χ3n) is 4.44. The van der Waals surface area contributed by atoms with Gasteiger partial charge >= 0.3 is 5.97 Å². The van der Waals surface area contributed by atoms with E-state index in [0.29, 0.717) is 5.69 Å². The predicted octanol–water partition coefficient (Wildman–Crippen LogP) is 3.83. The van der Waals surface area contributed by atoms with Gasteiger partial charge in [0.05, 0.1) is 0 Å². The first-order valence-corrected chi connectivity index (χ1v) is 9.06. The minimum Gasteiger partial charge on any atom is -0.456 e. The quantitative estimate of drug-likeness (QED) is 0.503. The molecule has 0 unspecified atom stereocenters. The van der Waals surface area contributed by atoms with Crippen LogP contribution in [-0.2, 0) is 16.1 Å². The van der Waals surface area contributed by atoms with E-state index in [2.05, 4.69) is 4.98 Å². The van der Waals surface area contributed by atoms with Gasteiger partial charge in [-0.1, -0.05) is 60.7 Å². The van der Waals surface area contributed by atoms with Crippen LogP contribution in [0.4, 0.5) is 5.69 Å². The van der Waals surface area contributed by atoms with E-state index in [4.69, 9.17) is 9.47 Å². The lowest BCUT2D eigenvalue weighted by atomic mass is 10.2. The number of benzene rings is 2. The lowest BCUT2D eigenvalue weighted by molar-refractivity contribution is -0.117. The molecule has 0 saturated heterocycles. The largest absolute Gasteiger partial charge is 0.456 e. The average molecular weight is 386 g/mol. The molecule has 0 N–H and O–H groups in total. The van der Waals surface area contributed by atoms with Gasteiger partial charge in [-0.15, -0.1) is 0 Å². The Bertz CT molecular complexity index is 1080. The van der Waals surface area contributed by atoms with Gasteiger partial charge in [0.15, 0.2) is 11.5 Å². The van der Waals surface area contributed by atoms with Gasteiger partial charge in [0.1, 0.15) is 12.3 Å². The first-order chi connectivity index (χ1) is 14.1. The zero-order valence-corrected chi connectivity index (χ0v) is 15.7. The van der Waals surface area contributed by atoms with Gasteiger partial charge in [-0.3, -0.25) is 4.79 Å². The van der Waals surface area contributed by atoms with Crippen molar-refractivity contribution in [1.29, 1.82) is 0 Å². The zero-order chi connectivity index (χ0) is 20.2. The molecule has 1 aliphatic heterocycles. The van der Waals surface area contributed by atoms with Crippen molar-refractivity contribution in [3.63, 3.8) is 0 Å². The second-order valence-corrected chi connectivity index (χ2v) is 6.47. The normalized spacial score (nSPS) is 14.3. The van der Waals surface area contributed by atoms with Crippen LogP contribution >= 0.6 is 0 Å². The summed E-state index contributed by atoms with van der Waals surface area (Å²) < 4.78 is 11.0. The lowest BCUT2D eigenvalue weighted by Crippen LogP contribution is -2.34. The minimum absolute atomic E-state index is 0.112. The van der Waals surface area contributed by atoms with E-state index < -0.39 is 5.97 Å². The second kappa shape index (κ2) is 7.98. The molecule has 1 aliphatic rings. The summed E-state index contributed by atoms with van der Waals surface area (Å²) in [6, 6.07) is 21.9. The van der Waals surface area contributed by atoms with E-state index in [1.807, 2.05) is 60.7 Å². The fourth-order valence-corrected chi connectivity index (χ4v) is 2.89. The fourth-order valence-electron chi connectivity index (χ4n) is 2.89. The third-order valence-corrected chi connectivity index (χ3v) is 4.44. The molecule has 0 bridgehead atoms. The molecule has 2 aromatic carbocycles. The Kier molecular flexibility index (Phi) is 5.07. The van der Waals surface area contributed by atoms with Crippen molar-refractivity contribution in [3.8, 4) is 5.88 Å². The van der Waals surface area contributed by atoms with Crippen molar-refractivity contribution in [2.45, 2.75) is 6.61 Å². The molecule has 0 spiro atoms. The second-order valence-electron chi connectivity index (χ2n) is 6.47. The van der Waals surface area contributed by atoms with E-state index in [1.54, 1.807) is 19.2 Å². The standard InChI is InChI=1S/C23H18N2O4/c1-25-19-13-12-18(23(27)28-15-17-10-6-3-7-11-17)24-21(19)29-20(22(25)26)14-16-8-4-2-5-9-16/h2-14H,15H2,1H3. The Hall–Kier alpha value is -3.93. The minimum atomic E-state index is -0.562. The number of nitrogens with zero attached hydrogens (tertiary/aromatic N) is 2. The molecule has 0 atom stereocenters. The molecule has 3 aromatic rings. The van der Waals surface area contributed by atoms with E-state index in [-0.39, 0.29) is 29.8 Å². The topological polar surface area (TPSA) is 68.7 Å². The Balaban J connectivity index is 1.56. The average Bonchev–Trinajstić information content (AvgIpc) is 2.76. The van der Waals surface area contributed by atoms with E-state index in [9.17, 15) is 9.59 Å². The summed E-state index contributed by atoms with van der Waals surface area (Å²) in [7, 11) is 1.64. The molecule has 4 rings (SSSR count). The SMILES string of the molecule is CN1C(=O)C(=Cc2ccccc2)Oc2nc(C(=O)OCc3ccccc3)ccc21. The number of hydrogen-bond acceptors (Lipinski definition) is 5. The number of pyridine rings is 1. The Morgan fingerprint density at radius 3 is 2.45 bits per heavy atom. The summed E-state index contributed by atoms with van der Waals surface area (Å²) in [5, 5.41) is 0. The van der Waals surface area contributed by atoms with E-state index in [0.717, 1.165) is 11.1 Å². The summed E-state index contributed by atoms with van der Waals surface area (Å²) in [4.78, 5) is 30.7. The summed E-state index contributed by atoms with van der Waals surface area (Å²) in [5.74, 6) is -0.534. The highest BCUT2D eigenvalue weighted by Gasteiger charge is 2.29. The van der Waals surface area contributed by atoms with Gasteiger partial charge in [0, 0.05) is 7.05 Å². The fraction of sp³-hybridized carbons (Fsp3) is 0.0870. The van der Waals surface area contributed by atoms with Gasteiger partial charge in [-0.05, 0) is 29.3 Å². The number of aromatic nitrogens is 1. The highest BCUT2D eigenvalue weighted by atomic mass is 16.5. The van der Waals surface area contributed by atoms with E-state index in [1.165, 1.54) is 11.0 Å². The van der Waals surface area contributed by atoms with Crippen molar-refractivity contribution >= 4 is 23.6 Å². The summed E-state index contributed by atoms with van der Waals surface area (Å²) in [5.41, 5.74) is 2.31. The Morgan fingerprint density at radius 2 is 1.72 bits per heavy atom. The maximum absolute atomic E-state index is 12.6. The van der Waals surface area contributed by atoms with Crippen LogP contribution in [0.25, 0.3) is 6.08 Å². The van der Waals surface area contributed by atoms with Crippen molar-refractivity contribution in [2.24, 2.45) is 0 Å². The number of carbonyl (C=O) groups is 2. The van der Waals surface area contributed by atoms with E-state index >= 15 is 0 Å². The Labute approximate surface area is 168 Å². The first-order valence-electron chi connectivity index (χ1n) is 9.06. The smallest absolute Gasteiger partial charge is 0.357 e. The van der Waals surface area contributed by atoms with Crippen LogP contribution < -0.4 is 9.64 Å². The van der Waals surface area contributed by atoms with Crippen LogP contribution in [-0.4, -0.2) is 23.9 Å². The van der Waals surface area contributed by atoms with Crippen LogP contribution in [0.3, 0.4) is 0 Å². The van der Waals surface area contributed by atoms with Crippen molar-refractivity contribution in [2.75, 3.05) is 11.9 Å². The molecule has 0 radical (unpaired) electrons. The molecule has 0 fully saturated rings. The molecule has 1 aromatic heterocycles. The maximum atomic E-state index is 12.6. The molecule has 144 valence electrons. The molecule has 0 saturated carbocycles. The number of hydrogen-bond donors (Lipinski definition) is 0. The molecule has 1 amide bonds. The maximum Gasteiger partial charge on any atom is 0.357 e. The number of ether oxygens (including phenoxy) is 2. The summed E-state index contributed by atoms with van der Waals surface area (Å²) >= 11 is 0. The van der Waals surface area contributed by atoms with Gasteiger partial charge < -0.3 is 14.4 Å². The lowest BCUT2D eigenvalue weighted by Gasteiger charge is -2.26. The van der Waals surface area contributed by atoms with Crippen LogP contribution in [0, 0.1) is 0 Å². The highest BCUT2D eigenvalue weighted by molar-refractivity contribution is 6.09. The molecule has 29 heavy (non-hydrogen) atoms. The van der Waals surface area contributed by atoms with Crippen LogP contribution in [0.2, 0.25) is 0 Å². The number of esters is 1. The van der Waals surface area contributed by atoms with Gasteiger partial charge in [0.25, 0.3) is 5.91 Å². The van der Waals surface area contributed by atoms with Crippen molar-refractivity contribution in [3.05, 3.63) is 95.4 Å². The number of amides is 1. The molecule has 6 nitrogen and oxygen atoms in total. The zero-order valence-electron chi connectivity index (χ0n) is 15.7. The van der Waals surface area contributed by atoms with Crippen LogP contribution in [0.15, 0.2) is 78.6 Å². The number of fused-ring (bicyclic) bond motifs is 1. The number of anilines is 1. The third kappa shape index (κ3) is 4.01. The molecule has 6 heteroatoms. The Morgan fingerprint density at radius 1 is 1.03 bits per heavy atom. The summed E-state index contributed by atoms with van der Waals surface area (Å²) in [6.45, 7) is 0.150. The molecular formula is C23H18N2O4. The summed E-state index contributed by atoms with van der Waals surface area (Å²) in [6.07, 6.45) is 1.64.